The monoisotopic (exact) mass is 383 g/mol. The minimum atomic E-state index is -4.00. The number of rotatable bonds is 4. The molecule has 0 aliphatic rings. The summed E-state index contributed by atoms with van der Waals surface area (Å²) in [4.78, 5) is 14.4. The Kier molecular flexibility index (Phi) is 4.16. The minimum Gasteiger partial charge on any atom is -0.258 e. The van der Waals surface area contributed by atoms with Crippen molar-refractivity contribution in [3.8, 4) is 0 Å². The SMILES string of the molecule is Cc1c([N+](=O)[O-])cccc1S(=O)(=O)Nc1nc2ccc(Cl)cc2s1. The maximum absolute atomic E-state index is 12.5. The fourth-order valence-corrected chi connectivity index (χ4v) is 4.84. The summed E-state index contributed by atoms with van der Waals surface area (Å²) in [6, 6.07) is 8.93. The Balaban J connectivity index is 2.01. The highest BCUT2D eigenvalue weighted by Crippen LogP contribution is 2.31. The van der Waals surface area contributed by atoms with Gasteiger partial charge in [-0.15, -0.1) is 0 Å². The van der Waals surface area contributed by atoms with Crippen LogP contribution in [-0.2, 0) is 10.0 Å². The van der Waals surface area contributed by atoms with Crippen LogP contribution in [0, 0.1) is 17.0 Å². The summed E-state index contributed by atoms with van der Waals surface area (Å²) in [5, 5.41) is 11.7. The lowest BCUT2D eigenvalue weighted by Crippen LogP contribution is -2.14. The van der Waals surface area contributed by atoms with Crippen LogP contribution >= 0.6 is 22.9 Å². The van der Waals surface area contributed by atoms with Gasteiger partial charge in [0.2, 0.25) is 0 Å². The number of nitrogens with one attached hydrogen (secondary N) is 1. The standard InChI is InChI=1S/C14H10ClN3O4S2/c1-8-11(18(19)20)3-2-4-13(8)24(21,22)17-14-16-10-6-5-9(15)7-12(10)23-14/h2-7H,1H3,(H,16,17). The second-order valence-corrected chi connectivity index (χ2v) is 8.01. The number of hydrogen-bond donors (Lipinski definition) is 1. The molecule has 1 aromatic heterocycles. The van der Waals surface area contributed by atoms with Gasteiger partial charge in [0.1, 0.15) is 0 Å². The van der Waals surface area contributed by atoms with Crippen molar-refractivity contribution in [2.45, 2.75) is 11.8 Å². The van der Waals surface area contributed by atoms with E-state index in [2.05, 4.69) is 9.71 Å². The van der Waals surface area contributed by atoms with Crippen molar-refractivity contribution >= 4 is 54.0 Å². The van der Waals surface area contributed by atoms with Crippen LogP contribution in [0.3, 0.4) is 0 Å². The second-order valence-electron chi connectivity index (χ2n) is 4.89. The number of nitro groups is 1. The number of fused-ring (bicyclic) bond motifs is 1. The molecule has 2 aromatic carbocycles. The van der Waals surface area contributed by atoms with Gasteiger partial charge in [-0.25, -0.2) is 13.4 Å². The molecular weight excluding hydrogens is 374 g/mol. The van der Waals surface area contributed by atoms with Crippen molar-refractivity contribution in [2.24, 2.45) is 0 Å². The molecule has 1 N–H and O–H groups in total. The van der Waals surface area contributed by atoms with E-state index in [4.69, 9.17) is 11.6 Å². The Hall–Kier alpha value is -2.23. The maximum Gasteiger partial charge on any atom is 0.273 e. The van der Waals surface area contributed by atoms with E-state index in [0.29, 0.717) is 10.5 Å². The molecule has 7 nitrogen and oxygen atoms in total. The Morgan fingerprint density at radius 1 is 1.29 bits per heavy atom. The molecule has 10 heteroatoms. The topological polar surface area (TPSA) is 102 Å². The molecule has 0 amide bonds. The summed E-state index contributed by atoms with van der Waals surface area (Å²) in [6.45, 7) is 1.39. The predicted octanol–water partition coefficient (Wildman–Crippen LogP) is 3.97. The lowest BCUT2D eigenvalue weighted by molar-refractivity contribution is -0.385. The van der Waals surface area contributed by atoms with Crippen molar-refractivity contribution in [3.63, 3.8) is 0 Å². The van der Waals surface area contributed by atoms with E-state index in [-0.39, 0.29) is 21.3 Å². The summed E-state index contributed by atoms with van der Waals surface area (Å²) < 4.78 is 28.2. The quantitative estimate of drug-likeness (QED) is 0.542. The zero-order valence-electron chi connectivity index (χ0n) is 12.2. The fourth-order valence-electron chi connectivity index (χ4n) is 2.20. The molecule has 0 saturated heterocycles. The third-order valence-corrected chi connectivity index (χ3v) is 6.10. The minimum absolute atomic E-state index is 0.0687. The van der Waals surface area contributed by atoms with Crippen LogP contribution in [0.15, 0.2) is 41.3 Å². The normalized spacial score (nSPS) is 11.6. The number of hydrogen-bond acceptors (Lipinski definition) is 6. The third-order valence-electron chi connectivity index (χ3n) is 3.31. The van der Waals surface area contributed by atoms with Crippen LogP contribution in [0.5, 0.6) is 0 Å². The van der Waals surface area contributed by atoms with Gasteiger partial charge in [-0.2, -0.15) is 0 Å². The van der Waals surface area contributed by atoms with Gasteiger partial charge in [-0.3, -0.25) is 14.8 Å². The molecule has 0 bridgehead atoms. The highest BCUT2D eigenvalue weighted by Gasteiger charge is 2.24. The molecule has 124 valence electrons. The molecule has 3 aromatic rings. The summed E-state index contributed by atoms with van der Waals surface area (Å²) in [5.41, 5.74) is 0.422. The van der Waals surface area contributed by atoms with Crippen molar-refractivity contribution in [3.05, 3.63) is 57.1 Å². The second kappa shape index (κ2) is 6.00. The van der Waals surface area contributed by atoms with Gasteiger partial charge in [-0.05, 0) is 31.2 Å². The van der Waals surface area contributed by atoms with E-state index in [1.165, 1.54) is 25.1 Å². The first kappa shape index (κ1) is 16.6. The average Bonchev–Trinajstić information content (AvgIpc) is 2.87. The first-order valence-corrected chi connectivity index (χ1v) is 9.28. The van der Waals surface area contributed by atoms with Crippen LogP contribution in [0.25, 0.3) is 10.2 Å². The third kappa shape index (κ3) is 3.05. The van der Waals surface area contributed by atoms with Gasteiger partial charge < -0.3 is 0 Å². The molecule has 0 saturated carbocycles. The van der Waals surface area contributed by atoms with Crippen LogP contribution in [0.4, 0.5) is 10.8 Å². The maximum atomic E-state index is 12.5. The van der Waals surface area contributed by atoms with Gasteiger partial charge in [0, 0.05) is 16.7 Å². The van der Waals surface area contributed by atoms with Crippen molar-refractivity contribution in [2.75, 3.05) is 4.72 Å². The molecule has 1 heterocycles. The number of sulfonamides is 1. The van der Waals surface area contributed by atoms with E-state index in [1.807, 2.05) is 0 Å². The molecule has 0 fully saturated rings. The molecule has 0 aliphatic heterocycles. The van der Waals surface area contributed by atoms with Crippen molar-refractivity contribution in [1.29, 1.82) is 0 Å². The number of halogens is 1. The average molecular weight is 384 g/mol. The highest BCUT2D eigenvalue weighted by atomic mass is 35.5. The summed E-state index contributed by atoms with van der Waals surface area (Å²) in [6.07, 6.45) is 0. The number of anilines is 1. The first-order chi connectivity index (χ1) is 11.3. The van der Waals surface area contributed by atoms with Gasteiger partial charge in [0.05, 0.1) is 20.0 Å². The fraction of sp³-hybridized carbons (Fsp3) is 0.0714. The zero-order chi connectivity index (χ0) is 17.5. The molecule has 0 spiro atoms. The van der Waals surface area contributed by atoms with Gasteiger partial charge in [0.15, 0.2) is 5.13 Å². The van der Waals surface area contributed by atoms with E-state index in [1.54, 1.807) is 18.2 Å². The zero-order valence-corrected chi connectivity index (χ0v) is 14.6. The molecule has 0 radical (unpaired) electrons. The van der Waals surface area contributed by atoms with E-state index in [0.717, 1.165) is 16.0 Å². The van der Waals surface area contributed by atoms with E-state index in [9.17, 15) is 18.5 Å². The van der Waals surface area contributed by atoms with E-state index < -0.39 is 14.9 Å². The molecule has 0 aliphatic carbocycles. The lowest BCUT2D eigenvalue weighted by Gasteiger charge is -2.08. The van der Waals surface area contributed by atoms with Crippen molar-refractivity contribution < 1.29 is 13.3 Å². The molecule has 24 heavy (non-hydrogen) atoms. The van der Waals surface area contributed by atoms with Crippen LogP contribution < -0.4 is 4.72 Å². The van der Waals surface area contributed by atoms with E-state index >= 15 is 0 Å². The Labute approximate surface area is 146 Å². The molecule has 0 unspecified atom stereocenters. The molecule has 0 atom stereocenters. The molecular formula is C14H10ClN3O4S2. The van der Waals surface area contributed by atoms with Crippen LogP contribution in [-0.4, -0.2) is 18.3 Å². The number of aromatic nitrogens is 1. The number of thiazole rings is 1. The van der Waals surface area contributed by atoms with Gasteiger partial charge in [-0.1, -0.05) is 29.0 Å². The van der Waals surface area contributed by atoms with Crippen LogP contribution in [0.1, 0.15) is 5.56 Å². The molecule has 3 rings (SSSR count). The summed E-state index contributed by atoms with van der Waals surface area (Å²) in [7, 11) is -4.00. The highest BCUT2D eigenvalue weighted by molar-refractivity contribution is 7.93. The summed E-state index contributed by atoms with van der Waals surface area (Å²) in [5.74, 6) is 0. The Bertz CT molecular complexity index is 1060. The lowest BCUT2D eigenvalue weighted by atomic mass is 10.2. The Morgan fingerprint density at radius 3 is 2.75 bits per heavy atom. The van der Waals surface area contributed by atoms with Crippen molar-refractivity contribution in [1.82, 2.24) is 4.98 Å². The largest absolute Gasteiger partial charge is 0.273 e. The van der Waals surface area contributed by atoms with Crippen LogP contribution in [0.2, 0.25) is 5.02 Å². The Morgan fingerprint density at radius 2 is 2.04 bits per heavy atom. The van der Waals surface area contributed by atoms with Gasteiger partial charge >= 0.3 is 0 Å². The summed E-state index contributed by atoms with van der Waals surface area (Å²) >= 11 is 7.03. The number of nitrogens with zero attached hydrogens (tertiary/aromatic N) is 2. The predicted molar refractivity (Wildman–Crippen MR) is 93.3 cm³/mol. The van der Waals surface area contributed by atoms with Gasteiger partial charge in [0.25, 0.3) is 15.7 Å². The number of benzene rings is 2. The smallest absolute Gasteiger partial charge is 0.258 e. The number of nitro benzene ring substituents is 1. The first-order valence-electron chi connectivity index (χ1n) is 6.61.